The van der Waals surface area contributed by atoms with Gasteiger partial charge in [-0.1, -0.05) is 41.9 Å². The number of fused-ring (bicyclic) bond motifs is 1. The lowest BCUT2D eigenvalue weighted by molar-refractivity contribution is 0.0696. The minimum Gasteiger partial charge on any atom is -0.478 e. The minimum atomic E-state index is -1.07. The number of benzene rings is 2. The van der Waals surface area contributed by atoms with E-state index in [-0.39, 0.29) is 16.5 Å². The van der Waals surface area contributed by atoms with Gasteiger partial charge in [-0.2, -0.15) is 0 Å². The molecule has 0 aliphatic heterocycles. The van der Waals surface area contributed by atoms with Gasteiger partial charge in [-0.05, 0) is 41.0 Å². The highest BCUT2D eigenvalue weighted by Gasteiger charge is 2.17. The number of halogens is 1. The molecule has 7 heteroatoms. The van der Waals surface area contributed by atoms with Gasteiger partial charge >= 0.3 is 5.97 Å². The second-order valence-electron chi connectivity index (χ2n) is 6.96. The van der Waals surface area contributed by atoms with Crippen LogP contribution in [0.5, 0.6) is 0 Å². The third-order valence-corrected chi connectivity index (χ3v) is 5.25. The fourth-order valence-corrected chi connectivity index (χ4v) is 3.68. The van der Waals surface area contributed by atoms with Gasteiger partial charge < -0.3 is 15.0 Å². The molecule has 6 nitrogen and oxygen atoms in total. The summed E-state index contributed by atoms with van der Waals surface area (Å²) < 4.78 is 0. The molecule has 0 unspecified atom stereocenters. The van der Waals surface area contributed by atoms with Gasteiger partial charge in [-0.15, -0.1) is 0 Å². The molecule has 2 aromatic heterocycles. The lowest BCUT2D eigenvalue weighted by Gasteiger charge is -2.19. The Labute approximate surface area is 177 Å². The third kappa shape index (κ3) is 3.77. The molecule has 0 aliphatic carbocycles. The van der Waals surface area contributed by atoms with Gasteiger partial charge in [-0.25, -0.2) is 4.79 Å². The maximum atomic E-state index is 12.9. The zero-order valence-corrected chi connectivity index (χ0v) is 16.8. The van der Waals surface area contributed by atoms with Crippen LogP contribution in [0.4, 0.5) is 0 Å². The second-order valence-corrected chi connectivity index (χ2v) is 7.37. The van der Waals surface area contributed by atoms with Crippen LogP contribution in [0.15, 0.2) is 67.0 Å². The first kappa shape index (κ1) is 19.7. The average molecular weight is 420 g/mol. The molecule has 2 aromatic carbocycles. The number of amides is 1. The number of nitrogens with zero attached hydrogens (tertiary/aromatic N) is 2. The van der Waals surface area contributed by atoms with E-state index in [2.05, 4.69) is 9.97 Å². The maximum absolute atomic E-state index is 12.9. The molecule has 0 aliphatic rings. The summed E-state index contributed by atoms with van der Waals surface area (Å²) in [6, 6.07) is 16.2. The van der Waals surface area contributed by atoms with Crippen LogP contribution in [-0.4, -0.2) is 38.9 Å². The van der Waals surface area contributed by atoms with Crippen molar-refractivity contribution in [3.05, 3.63) is 88.8 Å². The number of rotatable bonds is 5. The average Bonchev–Trinajstić information content (AvgIpc) is 3.17. The largest absolute Gasteiger partial charge is 0.478 e. The Morgan fingerprint density at radius 1 is 1.13 bits per heavy atom. The number of hydrogen-bond donors (Lipinski definition) is 2. The highest BCUT2D eigenvalue weighted by Crippen LogP contribution is 2.29. The van der Waals surface area contributed by atoms with Crippen molar-refractivity contribution in [2.75, 3.05) is 7.05 Å². The van der Waals surface area contributed by atoms with Gasteiger partial charge in [0.25, 0.3) is 5.91 Å². The van der Waals surface area contributed by atoms with Crippen molar-refractivity contribution in [1.29, 1.82) is 0 Å². The lowest BCUT2D eigenvalue weighted by Crippen LogP contribution is -2.26. The van der Waals surface area contributed by atoms with Crippen molar-refractivity contribution >= 4 is 34.4 Å². The summed E-state index contributed by atoms with van der Waals surface area (Å²) >= 11 is 6.15. The molecule has 0 saturated carbocycles. The summed E-state index contributed by atoms with van der Waals surface area (Å²) in [7, 11) is 1.74. The van der Waals surface area contributed by atoms with Crippen molar-refractivity contribution in [2.45, 2.75) is 6.54 Å². The Bertz CT molecular complexity index is 1230. The first-order valence-electron chi connectivity index (χ1n) is 9.23. The molecule has 0 fully saturated rings. The van der Waals surface area contributed by atoms with E-state index < -0.39 is 5.97 Å². The quantitative estimate of drug-likeness (QED) is 0.484. The van der Waals surface area contributed by atoms with E-state index >= 15 is 0 Å². The van der Waals surface area contributed by atoms with Gasteiger partial charge in [-0.3, -0.25) is 9.78 Å². The van der Waals surface area contributed by atoms with Crippen molar-refractivity contribution < 1.29 is 14.7 Å². The zero-order chi connectivity index (χ0) is 21.3. The third-order valence-electron chi connectivity index (χ3n) is 4.94. The number of carbonyl (C=O) groups excluding carboxylic acids is 1. The summed E-state index contributed by atoms with van der Waals surface area (Å²) in [6.07, 6.45) is 3.37. The van der Waals surface area contributed by atoms with Crippen LogP contribution in [0, 0.1) is 0 Å². The molecule has 0 atom stereocenters. The Kier molecular flexibility index (Phi) is 5.25. The summed E-state index contributed by atoms with van der Waals surface area (Å²) in [4.78, 5) is 32.9. The van der Waals surface area contributed by atoms with Gasteiger partial charge in [0.2, 0.25) is 0 Å². The Balaban J connectivity index is 1.61. The predicted molar refractivity (Wildman–Crippen MR) is 116 cm³/mol. The monoisotopic (exact) mass is 419 g/mol. The molecule has 1 amide bonds. The van der Waals surface area contributed by atoms with E-state index in [1.54, 1.807) is 36.5 Å². The molecular formula is C23H18ClN3O3. The Morgan fingerprint density at radius 3 is 2.67 bits per heavy atom. The molecule has 4 aromatic rings. The molecule has 2 N–H and O–H groups in total. The smallest absolute Gasteiger partial charge is 0.337 e. The molecule has 4 rings (SSSR count). The normalized spacial score (nSPS) is 10.9. The van der Waals surface area contributed by atoms with Crippen molar-refractivity contribution in [1.82, 2.24) is 14.9 Å². The number of carbonyl (C=O) groups is 2. The molecule has 0 saturated heterocycles. The first-order chi connectivity index (χ1) is 14.4. The van der Waals surface area contributed by atoms with E-state index in [1.165, 1.54) is 6.07 Å². The number of aromatic amines is 1. The SMILES string of the molecule is CN(Cc1ccccc1-c1ccc(C(=O)O)c(Cl)c1)C(=O)c1cc2ccncc2[nH]1. The van der Waals surface area contributed by atoms with E-state index in [0.29, 0.717) is 12.2 Å². The van der Waals surface area contributed by atoms with Gasteiger partial charge in [0.05, 0.1) is 22.3 Å². The predicted octanol–water partition coefficient (Wildman–Crippen LogP) is 4.85. The number of aromatic nitrogens is 2. The number of carboxylic acid groups (broad SMARTS) is 1. The summed E-state index contributed by atoms with van der Waals surface area (Å²) in [5, 5.41) is 10.3. The zero-order valence-electron chi connectivity index (χ0n) is 16.1. The van der Waals surface area contributed by atoms with Crippen LogP contribution >= 0.6 is 11.6 Å². The minimum absolute atomic E-state index is 0.0542. The van der Waals surface area contributed by atoms with Crippen LogP contribution in [-0.2, 0) is 6.54 Å². The van der Waals surface area contributed by atoms with E-state index in [4.69, 9.17) is 11.6 Å². The van der Waals surface area contributed by atoms with Crippen LogP contribution < -0.4 is 0 Å². The fourth-order valence-electron chi connectivity index (χ4n) is 3.42. The van der Waals surface area contributed by atoms with Crippen molar-refractivity contribution in [2.24, 2.45) is 0 Å². The number of aromatic carboxylic acids is 1. The number of nitrogens with one attached hydrogen (secondary N) is 1. The lowest BCUT2D eigenvalue weighted by atomic mass is 9.98. The summed E-state index contributed by atoms with van der Waals surface area (Å²) in [6.45, 7) is 0.376. The summed E-state index contributed by atoms with van der Waals surface area (Å²) in [5.41, 5.74) is 3.95. The van der Waals surface area contributed by atoms with Crippen molar-refractivity contribution in [3.8, 4) is 11.1 Å². The molecule has 0 radical (unpaired) electrons. The van der Waals surface area contributed by atoms with Crippen LogP contribution in [0.3, 0.4) is 0 Å². The fraction of sp³-hybridized carbons (Fsp3) is 0.0870. The summed E-state index contributed by atoms with van der Waals surface area (Å²) in [5.74, 6) is -1.21. The number of carboxylic acids is 1. The number of H-pyrrole nitrogens is 1. The standard InChI is InChI=1S/C23H18ClN3O3/c1-27(22(28)20-11-15-8-9-25-12-21(15)26-20)13-16-4-2-3-5-17(16)14-6-7-18(23(29)30)19(24)10-14/h2-12,26H,13H2,1H3,(H,29,30). The Morgan fingerprint density at radius 2 is 1.93 bits per heavy atom. The topological polar surface area (TPSA) is 86.3 Å². The van der Waals surface area contributed by atoms with Crippen LogP contribution in [0.25, 0.3) is 22.0 Å². The molecule has 2 heterocycles. The van der Waals surface area contributed by atoms with Crippen molar-refractivity contribution in [3.63, 3.8) is 0 Å². The molecule has 30 heavy (non-hydrogen) atoms. The first-order valence-corrected chi connectivity index (χ1v) is 9.61. The number of pyridine rings is 1. The molecular weight excluding hydrogens is 402 g/mol. The number of hydrogen-bond acceptors (Lipinski definition) is 3. The molecule has 150 valence electrons. The van der Waals surface area contributed by atoms with Gasteiger partial charge in [0.15, 0.2) is 0 Å². The maximum Gasteiger partial charge on any atom is 0.337 e. The van der Waals surface area contributed by atoms with Crippen LogP contribution in [0.1, 0.15) is 26.4 Å². The second kappa shape index (κ2) is 8.00. The molecule has 0 spiro atoms. The van der Waals surface area contributed by atoms with E-state index in [1.807, 2.05) is 36.4 Å². The van der Waals surface area contributed by atoms with Gasteiger partial charge in [0.1, 0.15) is 5.69 Å². The Hall–Kier alpha value is -3.64. The van der Waals surface area contributed by atoms with Gasteiger partial charge in [0, 0.05) is 25.2 Å². The van der Waals surface area contributed by atoms with E-state index in [0.717, 1.165) is 27.6 Å². The van der Waals surface area contributed by atoms with Crippen LogP contribution in [0.2, 0.25) is 5.02 Å². The van der Waals surface area contributed by atoms with E-state index in [9.17, 15) is 14.7 Å². The molecule has 0 bridgehead atoms. The highest BCUT2D eigenvalue weighted by atomic mass is 35.5. The highest BCUT2D eigenvalue weighted by molar-refractivity contribution is 6.33.